The summed E-state index contributed by atoms with van der Waals surface area (Å²) in [6, 6.07) is 10.8. The fraction of sp³-hybridized carbons (Fsp3) is 0.176. The summed E-state index contributed by atoms with van der Waals surface area (Å²) in [5, 5.41) is 15.8. The number of non-ortho nitro benzene ring substituents is 1. The van der Waals surface area contributed by atoms with Gasteiger partial charge < -0.3 is 10.6 Å². The number of aryl methyl sites for hydroxylation is 2. The van der Waals surface area contributed by atoms with Gasteiger partial charge in [0.05, 0.1) is 11.5 Å². The topological polar surface area (TPSA) is 101 Å². The van der Waals surface area contributed by atoms with E-state index in [1.165, 1.54) is 24.3 Å². The van der Waals surface area contributed by atoms with E-state index in [4.69, 9.17) is 0 Å². The molecule has 0 atom stereocenters. The van der Waals surface area contributed by atoms with Gasteiger partial charge in [0.15, 0.2) is 0 Å². The van der Waals surface area contributed by atoms with E-state index in [0.717, 1.165) is 16.8 Å². The Kier molecular flexibility index (Phi) is 5.26. The minimum absolute atomic E-state index is 0.0979. The lowest BCUT2D eigenvalue weighted by molar-refractivity contribution is -0.384. The standard InChI is InChI=1S/C17H17N3O4/c1-11-4-3-5-12(2)16(11)19-15(21)10-18-17(22)13-6-8-14(9-7-13)20(23)24/h3-9H,10H2,1-2H3,(H,18,22)(H,19,21). The Morgan fingerprint density at radius 3 is 2.17 bits per heavy atom. The first-order chi connectivity index (χ1) is 11.4. The number of carbonyl (C=O) groups is 2. The monoisotopic (exact) mass is 327 g/mol. The molecule has 2 aromatic carbocycles. The van der Waals surface area contributed by atoms with Crippen LogP contribution in [0.2, 0.25) is 0 Å². The number of rotatable bonds is 5. The van der Waals surface area contributed by atoms with Crippen LogP contribution >= 0.6 is 0 Å². The van der Waals surface area contributed by atoms with Gasteiger partial charge in [-0.1, -0.05) is 18.2 Å². The molecular weight excluding hydrogens is 310 g/mol. The van der Waals surface area contributed by atoms with Crippen molar-refractivity contribution in [2.24, 2.45) is 0 Å². The lowest BCUT2D eigenvalue weighted by Gasteiger charge is -2.12. The summed E-state index contributed by atoms with van der Waals surface area (Å²) < 4.78 is 0. The first-order valence-corrected chi connectivity index (χ1v) is 7.27. The van der Waals surface area contributed by atoms with Crippen LogP contribution in [0, 0.1) is 24.0 Å². The molecule has 0 radical (unpaired) electrons. The molecule has 124 valence electrons. The van der Waals surface area contributed by atoms with E-state index in [9.17, 15) is 19.7 Å². The average molecular weight is 327 g/mol. The zero-order chi connectivity index (χ0) is 17.7. The molecular formula is C17H17N3O4. The second kappa shape index (κ2) is 7.36. The molecule has 0 spiro atoms. The Labute approximate surface area is 138 Å². The SMILES string of the molecule is Cc1cccc(C)c1NC(=O)CNC(=O)c1ccc([N+](=O)[O-])cc1. The number of nitro benzene ring substituents is 1. The lowest BCUT2D eigenvalue weighted by atomic mass is 10.1. The van der Waals surface area contributed by atoms with Crippen LogP contribution in [0.25, 0.3) is 0 Å². The number of hydrogen-bond acceptors (Lipinski definition) is 4. The second-order valence-electron chi connectivity index (χ2n) is 5.30. The molecule has 2 aromatic rings. The van der Waals surface area contributed by atoms with E-state index in [2.05, 4.69) is 10.6 Å². The number of hydrogen-bond donors (Lipinski definition) is 2. The Morgan fingerprint density at radius 2 is 1.62 bits per heavy atom. The van der Waals surface area contributed by atoms with Gasteiger partial charge in [0.25, 0.3) is 11.6 Å². The van der Waals surface area contributed by atoms with Gasteiger partial charge in [-0.05, 0) is 37.1 Å². The highest BCUT2D eigenvalue weighted by Gasteiger charge is 2.12. The number of amides is 2. The number of nitro groups is 1. The Balaban J connectivity index is 1.94. The van der Waals surface area contributed by atoms with Crippen molar-refractivity contribution in [1.29, 1.82) is 0 Å². The second-order valence-corrected chi connectivity index (χ2v) is 5.30. The van der Waals surface area contributed by atoms with Crippen LogP contribution in [-0.2, 0) is 4.79 Å². The quantitative estimate of drug-likeness (QED) is 0.651. The third kappa shape index (κ3) is 4.16. The van der Waals surface area contributed by atoms with E-state index in [0.29, 0.717) is 0 Å². The number of benzene rings is 2. The molecule has 7 heteroatoms. The Bertz CT molecular complexity index is 765. The average Bonchev–Trinajstić information content (AvgIpc) is 2.56. The predicted molar refractivity (Wildman–Crippen MR) is 90.0 cm³/mol. The van der Waals surface area contributed by atoms with Crippen molar-refractivity contribution >= 4 is 23.2 Å². The predicted octanol–water partition coefficient (Wildman–Crippen LogP) is 2.58. The molecule has 0 aliphatic rings. The highest BCUT2D eigenvalue weighted by molar-refractivity contribution is 5.99. The summed E-state index contributed by atoms with van der Waals surface area (Å²) in [4.78, 5) is 34.0. The zero-order valence-corrected chi connectivity index (χ0v) is 13.3. The number of anilines is 1. The molecule has 0 heterocycles. The van der Waals surface area contributed by atoms with Gasteiger partial charge in [0.1, 0.15) is 0 Å². The molecule has 2 rings (SSSR count). The number of para-hydroxylation sites is 1. The number of nitrogens with zero attached hydrogens (tertiary/aromatic N) is 1. The van der Waals surface area contributed by atoms with Crippen LogP contribution in [0.3, 0.4) is 0 Å². The van der Waals surface area contributed by atoms with Crippen molar-refractivity contribution in [3.63, 3.8) is 0 Å². The maximum atomic E-state index is 12.0. The third-order valence-electron chi connectivity index (χ3n) is 3.50. The Morgan fingerprint density at radius 1 is 1.04 bits per heavy atom. The Hall–Kier alpha value is -3.22. The normalized spacial score (nSPS) is 10.1. The fourth-order valence-corrected chi connectivity index (χ4v) is 2.19. The molecule has 2 N–H and O–H groups in total. The van der Waals surface area contributed by atoms with Crippen LogP contribution in [0.15, 0.2) is 42.5 Å². The highest BCUT2D eigenvalue weighted by Crippen LogP contribution is 2.19. The smallest absolute Gasteiger partial charge is 0.269 e. The van der Waals surface area contributed by atoms with Crippen molar-refractivity contribution in [3.8, 4) is 0 Å². The minimum Gasteiger partial charge on any atom is -0.343 e. The maximum Gasteiger partial charge on any atom is 0.269 e. The van der Waals surface area contributed by atoms with Crippen molar-refractivity contribution in [3.05, 3.63) is 69.3 Å². The molecule has 0 aliphatic carbocycles. The molecule has 0 aromatic heterocycles. The van der Waals surface area contributed by atoms with Crippen molar-refractivity contribution in [1.82, 2.24) is 5.32 Å². The largest absolute Gasteiger partial charge is 0.343 e. The van der Waals surface area contributed by atoms with Gasteiger partial charge in [-0.3, -0.25) is 19.7 Å². The van der Waals surface area contributed by atoms with Gasteiger partial charge >= 0.3 is 0 Å². The summed E-state index contributed by atoms with van der Waals surface area (Å²) in [7, 11) is 0. The molecule has 0 aliphatic heterocycles. The van der Waals surface area contributed by atoms with Crippen LogP contribution in [-0.4, -0.2) is 23.3 Å². The number of nitrogens with one attached hydrogen (secondary N) is 2. The molecule has 2 amide bonds. The van der Waals surface area contributed by atoms with Crippen molar-refractivity contribution in [2.45, 2.75) is 13.8 Å². The van der Waals surface area contributed by atoms with Crippen LogP contribution in [0.4, 0.5) is 11.4 Å². The minimum atomic E-state index is -0.542. The molecule has 0 saturated heterocycles. The first kappa shape index (κ1) is 17.1. The number of carbonyl (C=O) groups excluding carboxylic acids is 2. The van der Waals surface area contributed by atoms with Crippen LogP contribution in [0.1, 0.15) is 21.5 Å². The van der Waals surface area contributed by atoms with Gasteiger partial charge in [-0.15, -0.1) is 0 Å². The third-order valence-corrected chi connectivity index (χ3v) is 3.50. The summed E-state index contributed by atoms with van der Waals surface area (Å²) in [5.74, 6) is -0.816. The fourth-order valence-electron chi connectivity index (χ4n) is 2.19. The molecule has 7 nitrogen and oxygen atoms in total. The highest BCUT2D eigenvalue weighted by atomic mass is 16.6. The first-order valence-electron chi connectivity index (χ1n) is 7.27. The van der Waals surface area contributed by atoms with E-state index in [1.807, 2.05) is 32.0 Å². The van der Waals surface area contributed by atoms with Crippen LogP contribution < -0.4 is 10.6 Å². The van der Waals surface area contributed by atoms with E-state index < -0.39 is 10.8 Å². The molecule has 0 bridgehead atoms. The summed E-state index contributed by atoms with van der Waals surface area (Å²) >= 11 is 0. The van der Waals surface area contributed by atoms with Gasteiger partial charge in [0.2, 0.25) is 5.91 Å². The van der Waals surface area contributed by atoms with Gasteiger partial charge in [-0.2, -0.15) is 0 Å². The lowest BCUT2D eigenvalue weighted by Crippen LogP contribution is -2.33. The van der Waals surface area contributed by atoms with Crippen LogP contribution in [0.5, 0.6) is 0 Å². The van der Waals surface area contributed by atoms with E-state index in [1.54, 1.807) is 0 Å². The molecule has 0 unspecified atom stereocenters. The zero-order valence-electron chi connectivity index (χ0n) is 13.3. The summed E-state index contributed by atoms with van der Waals surface area (Å²) in [5.41, 5.74) is 2.75. The summed E-state index contributed by atoms with van der Waals surface area (Å²) in [6.07, 6.45) is 0. The maximum absolute atomic E-state index is 12.0. The van der Waals surface area contributed by atoms with Crippen molar-refractivity contribution < 1.29 is 14.5 Å². The van der Waals surface area contributed by atoms with E-state index in [-0.39, 0.29) is 23.7 Å². The van der Waals surface area contributed by atoms with Gasteiger partial charge in [-0.25, -0.2) is 0 Å². The molecule has 24 heavy (non-hydrogen) atoms. The van der Waals surface area contributed by atoms with E-state index >= 15 is 0 Å². The molecule has 0 saturated carbocycles. The van der Waals surface area contributed by atoms with Crippen molar-refractivity contribution in [2.75, 3.05) is 11.9 Å². The molecule has 0 fully saturated rings. The summed E-state index contributed by atoms with van der Waals surface area (Å²) in [6.45, 7) is 3.58. The van der Waals surface area contributed by atoms with Gasteiger partial charge in [0, 0.05) is 23.4 Å².